The van der Waals surface area contributed by atoms with Crippen LogP contribution in [0.3, 0.4) is 0 Å². The van der Waals surface area contributed by atoms with Gasteiger partial charge in [0.15, 0.2) is 5.78 Å². The van der Waals surface area contributed by atoms with Crippen molar-refractivity contribution >= 4 is 11.5 Å². The van der Waals surface area contributed by atoms with Crippen molar-refractivity contribution in [1.29, 1.82) is 0 Å². The van der Waals surface area contributed by atoms with Crippen LogP contribution in [-0.2, 0) is 0 Å². The van der Waals surface area contributed by atoms with E-state index >= 15 is 0 Å². The third kappa shape index (κ3) is 2.50. The third-order valence-electron chi connectivity index (χ3n) is 4.59. The molecular weight excluding hydrogens is 238 g/mol. The molecule has 4 heteroatoms. The van der Waals surface area contributed by atoms with Crippen molar-refractivity contribution in [2.45, 2.75) is 50.6 Å². The molecule has 2 aliphatic rings. The molecule has 1 aromatic heterocycles. The molecule has 2 heterocycles. The second kappa shape index (κ2) is 5.29. The van der Waals surface area contributed by atoms with Crippen molar-refractivity contribution in [3.63, 3.8) is 0 Å². The molecule has 0 spiro atoms. The molecule has 0 aromatic carbocycles. The first kappa shape index (κ1) is 12.6. The number of carbonyl (C=O) groups excluding carboxylic acids is 1. The smallest absolute Gasteiger partial charge is 0.183 e. The number of hydrogen-bond donors (Lipinski definition) is 2. The Morgan fingerprint density at radius 2 is 2.11 bits per heavy atom. The van der Waals surface area contributed by atoms with E-state index in [-0.39, 0.29) is 11.8 Å². The van der Waals surface area contributed by atoms with Crippen molar-refractivity contribution < 1.29 is 4.79 Å². The van der Waals surface area contributed by atoms with Crippen LogP contribution in [0.4, 0.5) is 5.69 Å². The van der Waals surface area contributed by atoms with Crippen molar-refractivity contribution in [3.8, 4) is 0 Å². The van der Waals surface area contributed by atoms with E-state index in [1.165, 1.54) is 25.7 Å². The Bertz CT molecular complexity index is 474. The van der Waals surface area contributed by atoms with Crippen molar-refractivity contribution in [2.75, 3.05) is 5.73 Å². The number of aromatic nitrogens is 1. The second-order valence-electron chi connectivity index (χ2n) is 5.77. The van der Waals surface area contributed by atoms with E-state index in [2.05, 4.69) is 10.3 Å². The molecule has 3 atom stereocenters. The number of nitrogens with one attached hydrogen (secondary N) is 1. The first-order valence-electron chi connectivity index (χ1n) is 7.25. The van der Waals surface area contributed by atoms with Crippen molar-refractivity contribution in [3.05, 3.63) is 24.0 Å². The van der Waals surface area contributed by atoms with Gasteiger partial charge in [-0.2, -0.15) is 0 Å². The topological polar surface area (TPSA) is 68.0 Å². The van der Waals surface area contributed by atoms with Gasteiger partial charge in [-0.25, -0.2) is 0 Å². The van der Waals surface area contributed by atoms with E-state index in [1.807, 2.05) is 0 Å². The van der Waals surface area contributed by atoms with Crippen LogP contribution in [0.15, 0.2) is 18.5 Å². The van der Waals surface area contributed by atoms with Crippen LogP contribution in [0, 0.1) is 5.92 Å². The maximum atomic E-state index is 12.5. The molecule has 1 saturated heterocycles. The number of rotatable bonds is 2. The zero-order valence-electron chi connectivity index (χ0n) is 11.1. The molecule has 0 amide bonds. The molecule has 2 fully saturated rings. The van der Waals surface area contributed by atoms with E-state index in [0.717, 1.165) is 18.8 Å². The maximum Gasteiger partial charge on any atom is 0.183 e. The summed E-state index contributed by atoms with van der Waals surface area (Å²) in [6.45, 7) is 0. The number of carbonyl (C=O) groups is 1. The molecule has 3 N–H and O–H groups in total. The lowest BCUT2D eigenvalue weighted by Crippen LogP contribution is -2.52. The standard InChI is InChI=1S/C15H21N3O/c16-12-7-8-17-9-11(12)15(19)14-6-5-10-3-1-2-4-13(10)18-14/h7-10,13-14,18H,1-6H2,(H2,16,17). The number of nitrogens with two attached hydrogens (primary N) is 1. The van der Waals surface area contributed by atoms with Gasteiger partial charge in [-0.1, -0.05) is 12.8 Å². The van der Waals surface area contributed by atoms with Gasteiger partial charge >= 0.3 is 0 Å². The van der Waals surface area contributed by atoms with Gasteiger partial charge in [0.25, 0.3) is 0 Å². The van der Waals surface area contributed by atoms with Crippen LogP contribution >= 0.6 is 0 Å². The Hall–Kier alpha value is -1.42. The van der Waals surface area contributed by atoms with Crippen LogP contribution in [0.2, 0.25) is 0 Å². The molecule has 102 valence electrons. The summed E-state index contributed by atoms with van der Waals surface area (Å²) in [5.74, 6) is 0.874. The fourth-order valence-corrected chi connectivity index (χ4v) is 3.50. The number of Topliss-reactive ketones (excluding diaryl/α,β-unsaturated/α-hetero) is 1. The number of piperidine rings is 1. The third-order valence-corrected chi connectivity index (χ3v) is 4.59. The van der Waals surface area contributed by atoms with Crippen molar-refractivity contribution in [2.24, 2.45) is 5.92 Å². The maximum absolute atomic E-state index is 12.5. The SMILES string of the molecule is Nc1ccncc1C(=O)C1CCC2CCCCC2N1. The largest absolute Gasteiger partial charge is 0.398 e. The predicted octanol–water partition coefficient (Wildman–Crippen LogP) is 2.16. The summed E-state index contributed by atoms with van der Waals surface area (Å²) in [6, 6.07) is 2.14. The number of nitrogen functional groups attached to an aromatic ring is 1. The molecule has 19 heavy (non-hydrogen) atoms. The Morgan fingerprint density at radius 3 is 2.95 bits per heavy atom. The lowest BCUT2D eigenvalue weighted by Gasteiger charge is -2.40. The summed E-state index contributed by atoms with van der Waals surface area (Å²) in [7, 11) is 0. The van der Waals surface area contributed by atoms with Crippen LogP contribution in [0.25, 0.3) is 0 Å². The minimum absolute atomic E-state index is 0.0779. The lowest BCUT2D eigenvalue weighted by atomic mass is 9.77. The molecule has 0 radical (unpaired) electrons. The first-order chi connectivity index (χ1) is 9.25. The second-order valence-corrected chi connectivity index (χ2v) is 5.77. The van der Waals surface area contributed by atoms with E-state index in [1.54, 1.807) is 18.5 Å². The van der Waals surface area contributed by atoms with E-state index < -0.39 is 0 Å². The van der Waals surface area contributed by atoms with Gasteiger partial charge in [-0.05, 0) is 37.7 Å². The van der Waals surface area contributed by atoms with Gasteiger partial charge in [-0.15, -0.1) is 0 Å². The highest BCUT2D eigenvalue weighted by molar-refractivity contribution is 6.03. The summed E-state index contributed by atoms with van der Waals surface area (Å²) in [5, 5.41) is 3.55. The minimum Gasteiger partial charge on any atom is -0.398 e. The number of nitrogens with zero attached hydrogens (tertiary/aromatic N) is 1. The average Bonchev–Trinajstić information content (AvgIpc) is 2.46. The quantitative estimate of drug-likeness (QED) is 0.799. The molecule has 1 aliphatic heterocycles. The molecule has 1 saturated carbocycles. The van der Waals surface area contributed by atoms with Crippen LogP contribution in [0.1, 0.15) is 48.9 Å². The fourth-order valence-electron chi connectivity index (χ4n) is 3.50. The lowest BCUT2D eigenvalue weighted by molar-refractivity contribution is 0.0862. The number of fused-ring (bicyclic) bond motifs is 1. The minimum atomic E-state index is -0.0779. The molecule has 0 bridgehead atoms. The van der Waals surface area contributed by atoms with Crippen molar-refractivity contribution in [1.82, 2.24) is 10.3 Å². The molecular formula is C15H21N3O. The summed E-state index contributed by atoms with van der Waals surface area (Å²) in [6.07, 6.45) is 10.4. The Kier molecular flexibility index (Phi) is 3.51. The molecule has 3 unspecified atom stereocenters. The van der Waals surface area contributed by atoms with Crippen LogP contribution < -0.4 is 11.1 Å². The van der Waals surface area contributed by atoms with Gasteiger partial charge in [-0.3, -0.25) is 9.78 Å². The predicted molar refractivity (Wildman–Crippen MR) is 74.9 cm³/mol. The van der Waals surface area contributed by atoms with E-state index in [0.29, 0.717) is 17.3 Å². The number of anilines is 1. The highest BCUT2D eigenvalue weighted by Gasteiger charge is 2.35. The van der Waals surface area contributed by atoms with Crippen LogP contribution in [-0.4, -0.2) is 22.9 Å². The zero-order valence-corrected chi connectivity index (χ0v) is 11.1. The van der Waals surface area contributed by atoms with Gasteiger partial charge in [0.05, 0.1) is 11.6 Å². The molecule has 3 rings (SSSR count). The van der Waals surface area contributed by atoms with Gasteiger partial charge in [0.2, 0.25) is 0 Å². The van der Waals surface area contributed by atoms with Gasteiger partial charge in [0.1, 0.15) is 0 Å². The Morgan fingerprint density at radius 1 is 1.26 bits per heavy atom. The highest BCUT2D eigenvalue weighted by Crippen LogP contribution is 2.33. The number of pyridine rings is 1. The molecule has 4 nitrogen and oxygen atoms in total. The Labute approximate surface area is 113 Å². The van der Waals surface area contributed by atoms with Gasteiger partial charge < -0.3 is 11.1 Å². The summed E-state index contributed by atoms with van der Waals surface area (Å²) in [5.41, 5.74) is 6.97. The van der Waals surface area contributed by atoms with E-state index in [4.69, 9.17) is 5.73 Å². The Balaban J connectivity index is 1.73. The fraction of sp³-hybridized carbons (Fsp3) is 0.600. The van der Waals surface area contributed by atoms with Crippen LogP contribution in [0.5, 0.6) is 0 Å². The number of hydrogen-bond acceptors (Lipinski definition) is 4. The number of ketones is 1. The summed E-state index contributed by atoms with van der Waals surface area (Å²) >= 11 is 0. The highest BCUT2D eigenvalue weighted by atomic mass is 16.1. The summed E-state index contributed by atoms with van der Waals surface area (Å²) < 4.78 is 0. The monoisotopic (exact) mass is 259 g/mol. The normalized spacial score (nSPS) is 30.6. The van der Waals surface area contributed by atoms with E-state index in [9.17, 15) is 4.79 Å². The first-order valence-corrected chi connectivity index (χ1v) is 7.25. The zero-order chi connectivity index (χ0) is 13.2. The average molecular weight is 259 g/mol. The molecule has 1 aliphatic carbocycles. The summed E-state index contributed by atoms with van der Waals surface area (Å²) in [4.78, 5) is 16.5. The van der Waals surface area contributed by atoms with Gasteiger partial charge in [0, 0.05) is 24.1 Å². The molecule has 1 aromatic rings.